The zero-order valence-corrected chi connectivity index (χ0v) is 12.0. The van der Waals surface area contributed by atoms with E-state index >= 15 is 0 Å². The monoisotopic (exact) mass is 372 g/mol. The van der Waals surface area contributed by atoms with Crippen molar-refractivity contribution in [3.63, 3.8) is 0 Å². The summed E-state index contributed by atoms with van der Waals surface area (Å²) in [5.74, 6) is -3.83. The standard InChI is InChI=1S/C15H8F8O2/c16-12-3-1-8(5-10(12)14(18,19)20)24-7-25-9-2-4-13(17)11(6-9)15(21,22)23/h1-6H,7H2. The summed E-state index contributed by atoms with van der Waals surface area (Å²) in [6, 6.07) is 3.59. The molecule has 0 N–H and O–H groups in total. The maximum atomic E-state index is 13.1. The molecule has 0 aliphatic heterocycles. The highest BCUT2D eigenvalue weighted by Gasteiger charge is 2.35. The van der Waals surface area contributed by atoms with Gasteiger partial charge in [-0.2, -0.15) is 26.3 Å². The number of alkyl halides is 6. The van der Waals surface area contributed by atoms with E-state index in [1.165, 1.54) is 0 Å². The molecule has 2 nitrogen and oxygen atoms in total. The lowest BCUT2D eigenvalue weighted by atomic mass is 10.2. The highest BCUT2D eigenvalue weighted by atomic mass is 19.4. The summed E-state index contributed by atoms with van der Waals surface area (Å²) in [5.41, 5.74) is -3.13. The summed E-state index contributed by atoms with van der Waals surface area (Å²) < 4.78 is 111. The number of hydrogen-bond acceptors (Lipinski definition) is 2. The van der Waals surface area contributed by atoms with Crippen LogP contribution in [0, 0.1) is 11.6 Å². The molecule has 0 unspecified atom stereocenters. The number of benzene rings is 2. The molecule has 136 valence electrons. The van der Waals surface area contributed by atoms with Crippen molar-refractivity contribution < 1.29 is 44.6 Å². The molecule has 0 aliphatic carbocycles. The van der Waals surface area contributed by atoms with E-state index in [2.05, 4.69) is 0 Å². The van der Waals surface area contributed by atoms with Gasteiger partial charge in [-0.15, -0.1) is 0 Å². The minimum absolute atomic E-state index is 0.379. The van der Waals surface area contributed by atoms with E-state index in [-0.39, 0.29) is 0 Å². The summed E-state index contributed by atoms with van der Waals surface area (Å²) in [4.78, 5) is 0. The van der Waals surface area contributed by atoms with Crippen LogP contribution < -0.4 is 9.47 Å². The summed E-state index contributed by atoms with van der Waals surface area (Å²) >= 11 is 0. The van der Waals surface area contributed by atoms with Gasteiger partial charge in [0.05, 0.1) is 11.1 Å². The SMILES string of the molecule is Fc1ccc(OCOc2ccc(F)c(C(F)(F)F)c2)cc1C(F)(F)F. The molecule has 0 spiro atoms. The summed E-state index contributed by atoms with van der Waals surface area (Å²) in [7, 11) is 0. The summed E-state index contributed by atoms with van der Waals surface area (Å²) in [5, 5.41) is 0. The van der Waals surface area contributed by atoms with Gasteiger partial charge in [-0.1, -0.05) is 0 Å². The van der Waals surface area contributed by atoms with Crippen LogP contribution in [-0.4, -0.2) is 6.79 Å². The van der Waals surface area contributed by atoms with Crippen molar-refractivity contribution in [3.8, 4) is 11.5 Å². The van der Waals surface area contributed by atoms with Crippen LogP contribution in [-0.2, 0) is 12.4 Å². The van der Waals surface area contributed by atoms with Gasteiger partial charge in [-0.25, -0.2) is 8.78 Å². The molecule has 0 heterocycles. The Morgan fingerprint density at radius 1 is 0.640 bits per heavy atom. The number of halogens is 8. The van der Waals surface area contributed by atoms with E-state index in [0.717, 1.165) is 12.1 Å². The van der Waals surface area contributed by atoms with E-state index in [1.807, 2.05) is 0 Å². The molecule has 0 atom stereocenters. The van der Waals surface area contributed by atoms with E-state index < -0.39 is 53.4 Å². The first kappa shape index (κ1) is 18.8. The maximum Gasteiger partial charge on any atom is 0.419 e. The first-order valence-corrected chi connectivity index (χ1v) is 6.47. The minimum atomic E-state index is -4.94. The predicted molar refractivity (Wildman–Crippen MR) is 68.9 cm³/mol. The van der Waals surface area contributed by atoms with E-state index in [0.29, 0.717) is 24.3 Å². The Balaban J connectivity index is 2.07. The van der Waals surface area contributed by atoms with Crippen molar-refractivity contribution >= 4 is 0 Å². The van der Waals surface area contributed by atoms with Crippen molar-refractivity contribution in [2.24, 2.45) is 0 Å². The van der Waals surface area contributed by atoms with Crippen LogP contribution in [0.5, 0.6) is 11.5 Å². The van der Waals surface area contributed by atoms with Gasteiger partial charge >= 0.3 is 12.4 Å². The van der Waals surface area contributed by atoms with Crippen LogP contribution in [0.3, 0.4) is 0 Å². The Bertz CT molecular complexity index is 689. The molecule has 2 aromatic carbocycles. The van der Waals surface area contributed by atoms with Gasteiger partial charge in [0, 0.05) is 0 Å². The average Bonchev–Trinajstić information content (AvgIpc) is 2.48. The molecular weight excluding hydrogens is 364 g/mol. The second-order valence-electron chi connectivity index (χ2n) is 4.69. The van der Waals surface area contributed by atoms with Crippen molar-refractivity contribution in [1.82, 2.24) is 0 Å². The molecule has 0 amide bonds. The van der Waals surface area contributed by atoms with Crippen LogP contribution >= 0.6 is 0 Å². The Labute approximate surface area is 135 Å². The first-order chi connectivity index (χ1) is 11.5. The first-order valence-electron chi connectivity index (χ1n) is 6.47. The van der Waals surface area contributed by atoms with Gasteiger partial charge in [0.2, 0.25) is 6.79 Å². The van der Waals surface area contributed by atoms with Gasteiger partial charge in [0.15, 0.2) is 0 Å². The summed E-state index contributed by atoms with van der Waals surface area (Å²) in [6.07, 6.45) is -9.88. The van der Waals surface area contributed by atoms with Crippen LogP contribution in [0.1, 0.15) is 11.1 Å². The Morgan fingerprint density at radius 3 is 1.32 bits per heavy atom. The quantitative estimate of drug-likeness (QED) is 0.527. The zero-order chi connectivity index (χ0) is 18.8. The van der Waals surface area contributed by atoms with Crippen molar-refractivity contribution in [2.45, 2.75) is 12.4 Å². The highest BCUT2D eigenvalue weighted by molar-refractivity contribution is 5.33. The highest BCUT2D eigenvalue weighted by Crippen LogP contribution is 2.35. The third kappa shape index (κ3) is 4.74. The normalized spacial score (nSPS) is 12.2. The molecule has 25 heavy (non-hydrogen) atoms. The largest absolute Gasteiger partial charge is 0.457 e. The number of ether oxygens (including phenoxy) is 2. The second kappa shape index (κ2) is 6.77. The fourth-order valence-electron chi connectivity index (χ4n) is 1.79. The maximum absolute atomic E-state index is 13.1. The topological polar surface area (TPSA) is 18.5 Å². The molecule has 2 rings (SSSR count). The minimum Gasteiger partial charge on any atom is -0.457 e. The fourth-order valence-corrected chi connectivity index (χ4v) is 1.79. The molecule has 0 saturated heterocycles. The zero-order valence-electron chi connectivity index (χ0n) is 12.0. The molecule has 0 bridgehead atoms. The van der Waals surface area contributed by atoms with Gasteiger partial charge in [-0.05, 0) is 36.4 Å². The van der Waals surface area contributed by atoms with E-state index in [4.69, 9.17) is 9.47 Å². The Kier molecular flexibility index (Phi) is 5.09. The van der Waals surface area contributed by atoms with Crippen molar-refractivity contribution in [2.75, 3.05) is 6.79 Å². The molecular formula is C15H8F8O2. The van der Waals surface area contributed by atoms with Crippen molar-refractivity contribution in [3.05, 3.63) is 59.2 Å². The molecule has 2 aromatic rings. The smallest absolute Gasteiger partial charge is 0.419 e. The predicted octanol–water partition coefficient (Wildman–Crippen LogP) is 5.42. The van der Waals surface area contributed by atoms with Gasteiger partial charge in [0.1, 0.15) is 23.1 Å². The van der Waals surface area contributed by atoms with Gasteiger partial charge in [-0.3, -0.25) is 0 Å². The second-order valence-corrected chi connectivity index (χ2v) is 4.69. The molecule has 0 radical (unpaired) electrons. The third-order valence-electron chi connectivity index (χ3n) is 2.94. The van der Waals surface area contributed by atoms with E-state index in [9.17, 15) is 35.1 Å². The average molecular weight is 372 g/mol. The lowest BCUT2D eigenvalue weighted by molar-refractivity contribution is -0.140. The fraction of sp³-hybridized carbons (Fsp3) is 0.200. The molecule has 0 fully saturated rings. The molecule has 0 aliphatic rings. The van der Waals surface area contributed by atoms with Crippen LogP contribution in [0.15, 0.2) is 36.4 Å². The van der Waals surface area contributed by atoms with Gasteiger partial charge < -0.3 is 9.47 Å². The van der Waals surface area contributed by atoms with E-state index in [1.54, 1.807) is 0 Å². The third-order valence-corrected chi connectivity index (χ3v) is 2.94. The molecule has 0 aromatic heterocycles. The lowest BCUT2D eigenvalue weighted by Crippen LogP contribution is -2.11. The van der Waals surface area contributed by atoms with Crippen LogP contribution in [0.4, 0.5) is 35.1 Å². The molecule has 10 heteroatoms. The van der Waals surface area contributed by atoms with Crippen molar-refractivity contribution in [1.29, 1.82) is 0 Å². The molecule has 0 saturated carbocycles. The van der Waals surface area contributed by atoms with Crippen LogP contribution in [0.25, 0.3) is 0 Å². The lowest BCUT2D eigenvalue weighted by Gasteiger charge is -2.13. The summed E-state index contributed by atoms with van der Waals surface area (Å²) in [6.45, 7) is -0.772. The van der Waals surface area contributed by atoms with Gasteiger partial charge in [0.25, 0.3) is 0 Å². The Morgan fingerprint density at radius 2 is 1.00 bits per heavy atom. The number of hydrogen-bond donors (Lipinski definition) is 0. The Hall–Kier alpha value is -2.52. The number of rotatable bonds is 4. The van der Waals surface area contributed by atoms with Crippen LogP contribution in [0.2, 0.25) is 0 Å².